The van der Waals surface area contributed by atoms with Crippen molar-refractivity contribution in [1.29, 1.82) is 0 Å². The summed E-state index contributed by atoms with van der Waals surface area (Å²) in [5.74, 6) is 4.89. The van der Waals surface area contributed by atoms with Crippen LogP contribution < -0.4 is 5.73 Å². The van der Waals surface area contributed by atoms with Crippen LogP contribution in [-0.2, 0) is 4.79 Å². The summed E-state index contributed by atoms with van der Waals surface area (Å²) in [5, 5.41) is 0. The molecule has 0 spiro atoms. The Labute approximate surface area is 110 Å². The Kier molecular flexibility index (Phi) is 3.68. The molecule has 5 heteroatoms. The Morgan fingerprint density at radius 2 is 2.22 bits per heavy atom. The van der Waals surface area contributed by atoms with E-state index in [0.29, 0.717) is 25.4 Å². The van der Waals surface area contributed by atoms with Crippen LogP contribution in [0.15, 0.2) is 12.1 Å². The largest absolute Gasteiger partial charge is 0.359 e. The molecule has 18 heavy (non-hydrogen) atoms. The van der Waals surface area contributed by atoms with Crippen molar-refractivity contribution in [2.24, 2.45) is 11.7 Å². The van der Waals surface area contributed by atoms with Crippen LogP contribution in [-0.4, -0.2) is 29.8 Å². The number of likely N-dealkylation sites (tertiary alicyclic amines) is 1. The number of nitrogens with two attached hydrogens (primary N) is 1. The highest BCUT2D eigenvalue weighted by Crippen LogP contribution is 2.24. The summed E-state index contributed by atoms with van der Waals surface area (Å²) in [4.78, 5) is 26.2. The second-order valence-corrected chi connectivity index (χ2v) is 5.64. The highest BCUT2D eigenvalue weighted by atomic mass is 32.1. The van der Waals surface area contributed by atoms with Gasteiger partial charge in [-0.25, -0.2) is 0 Å². The molecular weight excluding hydrogens is 248 g/mol. The van der Waals surface area contributed by atoms with Crippen molar-refractivity contribution in [3.05, 3.63) is 21.9 Å². The maximum absolute atomic E-state index is 12.0. The lowest BCUT2D eigenvalue weighted by Gasteiger charge is -2.38. The van der Waals surface area contributed by atoms with Gasteiger partial charge in [0.05, 0.1) is 4.88 Å². The fourth-order valence-electron chi connectivity index (χ4n) is 1.85. The van der Waals surface area contributed by atoms with Crippen molar-refractivity contribution in [3.8, 4) is 11.8 Å². The summed E-state index contributed by atoms with van der Waals surface area (Å²) in [5.41, 5.74) is 4.92. The fourth-order valence-corrected chi connectivity index (χ4v) is 2.69. The van der Waals surface area contributed by atoms with Gasteiger partial charge in [0, 0.05) is 30.3 Å². The first-order valence-electron chi connectivity index (χ1n) is 5.70. The van der Waals surface area contributed by atoms with Gasteiger partial charge in [-0.05, 0) is 25.0 Å². The van der Waals surface area contributed by atoms with Gasteiger partial charge >= 0.3 is 0 Å². The quantitative estimate of drug-likeness (QED) is 0.808. The molecule has 2 amide bonds. The van der Waals surface area contributed by atoms with Crippen LogP contribution in [0, 0.1) is 24.7 Å². The average molecular weight is 262 g/mol. The number of thiophene rings is 1. The number of aryl methyl sites for hydroxylation is 1. The third kappa shape index (κ3) is 2.90. The fraction of sp³-hybridized carbons (Fsp3) is 0.385. The maximum atomic E-state index is 12.0. The van der Waals surface area contributed by atoms with Gasteiger partial charge in [-0.2, -0.15) is 0 Å². The number of carbonyl (C=O) groups excluding carboxylic acids is 2. The van der Waals surface area contributed by atoms with Gasteiger partial charge in [0.25, 0.3) is 11.8 Å². The smallest absolute Gasteiger partial charge is 0.293 e. The predicted molar refractivity (Wildman–Crippen MR) is 70.0 cm³/mol. The van der Waals surface area contributed by atoms with Crippen molar-refractivity contribution in [2.45, 2.75) is 13.3 Å². The molecule has 94 valence electrons. The highest BCUT2D eigenvalue weighted by Gasteiger charge is 2.30. The molecular formula is C13H14N2O2S. The standard InChI is InChI=1S/C13H14N2O2S/c1-9-5-6-11(18-9)13(17)15-7-10(8-15)3-2-4-12(14)16/h5-6,10H,3,7-8H2,1H3,(H2,14,16). The molecule has 4 nitrogen and oxygen atoms in total. The van der Waals surface area contributed by atoms with Gasteiger partial charge in [0.15, 0.2) is 0 Å². The molecule has 0 bridgehead atoms. The highest BCUT2D eigenvalue weighted by molar-refractivity contribution is 7.13. The number of hydrogen-bond donors (Lipinski definition) is 1. The number of hydrogen-bond acceptors (Lipinski definition) is 3. The van der Waals surface area contributed by atoms with E-state index in [9.17, 15) is 9.59 Å². The van der Waals surface area contributed by atoms with E-state index in [0.717, 1.165) is 9.75 Å². The first-order valence-corrected chi connectivity index (χ1v) is 6.52. The van der Waals surface area contributed by atoms with Crippen molar-refractivity contribution in [3.63, 3.8) is 0 Å². The first-order chi connectivity index (χ1) is 8.56. The molecule has 0 aromatic carbocycles. The van der Waals surface area contributed by atoms with E-state index >= 15 is 0 Å². The Bertz CT molecular complexity index is 533. The zero-order valence-corrected chi connectivity index (χ0v) is 10.9. The molecule has 2 heterocycles. The summed E-state index contributed by atoms with van der Waals surface area (Å²) in [6, 6.07) is 3.82. The molecule has 1 saturated heterocycles. The lowest BCUT2D eigenvalue weighted by molar-refractivity contribution is -0.112. The normalized spacial score (nSPS) is 14.6. The molecule has 0 unspecified atom stereocenters. The van der Waals surface area contributed by atoms with Gasteiger partial charge in [-0.3, -0.25) is 9.59 Å². The van der Waals surface area contributed by atoms with Crippen LogP contribution >= 0.6 is 11.3 Å². The van der Waals surface area contributed by atoms with Crippen LogP contribution in [0.2, 0.25) is 0 Å². The minimum atomic E-state index is -0.601. The predicted octanol–water partition coefficient (Wildman–Crippen LogP) is 1.01. The van der Waals surface area contributed by atoms with Crippen LogP contribution in [0.4, 0.5) is 0 Å². The summed E-state index contributed by atoms with van der Waals surface area (Å²) in [7, 11) is 0. The Morgan fingerprint density at radius 3 is 2.78 bits per heavy atom. The van der Waals surface area contributed by atoms with E-state index in [1.165, 1.54) is 11.3 Å². The first kappa shape index (κ1) is 12.7. The molecule has 0 aliphatic carbocycles. The SMILES string of the molecule is Cc1ccc(C(=O)N2CC(CC#CC(N)=O)C2)s1. The van der Waals surface area contributed by atoms with Crippen LogP contribution in [0.1, 0.15) is 21.0 Å². The van der Waals surface area contributed by atoms with E-state index in [4.69, 9.17) is 5.73 Å². The molecule has 1 fully saturated rings. The average Bonchev–Trinajstić information content (AvgIpc) is 2.67. The lowest BCUT2D eigenvalue weighted by atomic mass is 9.96. The molecule has 1 aliphatic heterocycles. The van der Waals surface area contributed by atoms with E-state index in [-0.39, 0.29) is 5.91 Å². The van der Waals surface area contributed by atoms with Gasteiger partial charge in [-0.15, -0.1) is 11.3 Å². The van der Waals surface area contributed by atoms with Crippen LogP contribution in [0.5, 0.6) is 0 Å². The molecule has 0 saturated carbocycles. The van der Waals surface area contributed by atoms with Crippen LogP contribution in [0.3, 0.4) is 0 Å². The molecule has 0 radical (unpaired) electrons. The zero-order valence-electron chi connectivity index (χ0n) is 10.1. The zero-order chi connectivity index (χ0) is 13.1. The number of nitrogens with zero attached hydrogens (tertiary/aromatic N) is 1. The van der Waals surface area contributed by atoms with Gasteiger partial charge in [0.1, 0.15) is 0 Å². The second-order valence-electron chi connectivity index (χ2n) is 4.36. The molecule has 1 aromatic rings. The molecule has 2 N–H and O–H groups in total. The summed E-state index contributed by atoms with van der Waals surface area (Å²) < 4.78 is 0. The summed E-state index contributed by atoms with van der Waals surface area (Å²) >= 11 is 1.52. The van der Waals surface area contributed by atoms with Crippen molar-refractivity contribution >= 4 is 23.2 Å². The molecule has 1 aliphatic rings. The Morgan fingerprint density at radius 1 is 1.50 bits per heavy atom. The van der Waals surface area contributed by atoms with Gasteiger partial charge in [0.2, 0.25) is 0 Å². The number of primary amides is 1. The third-order valence-corrected chi connectivity index (χ3v) is 3.79. The molecule has 0 atom stereocenters. The van der Waals surface area contributed by atoms with E-state index in [2.05, 4.69) is 11.8 Å². The van der Waals surface area contributed by atoms with Gasteiger partial charge < -0.3 is 10.6 Å². The molecule has 2 rings (SSSR count). The van der Waals surface area contributed by atoms with Crippen molar-refractivity contribution in [1.82, 2.24) is 4.90 Å². The number of carbonyl (C=O) groups is 2. The minimum Gasteiger partial charge on any atom is -0.359 e. The Hall–Kier alpha value is -1.80. The van der Waals surface area contributed by atoms with Crippen molar-refractivity contribution in [2.75, 3.05) is 13.1 Å². The lowest BCUT2D eigenvalue weighted by Crippen LogP contribution is -2.49. The van der Waals surface area contributed by atoms with E-state index in [1.54, 1.807) is 0 Å². The monoisotopic (exact) mass is 262 g/mol. The topological polar surface area (TPSA) is 63.4 Å². The number of rotatable bonds is 2. The Balaban J connectivity index is 1.81. The van der Waals surface area contributed by atoms with Gasteiger partial charge in [-0.1, -0.05) is 5.92 Å². The maximum Gasteiger partial charge on any atom is 0.293 e. The summed E-state index contributed by atoms with van der Waals surface area (Å²) in [6.45, 7) is 3.41. The van der Waals surface area contributed by atoms with E-state index in [1.807, 2.05) is 24.0 Å². The molecule has 1 aromatic heterocycles. The van der Waals surface area contributed by atoms with Crippen molar-refractivity contribution < 1.29 is 9.59 Å². The number of amides is 2. The summed E-state index contributed by atoms with van der Waals surface area (Å²) in [6.07, 6.45) is 0.621. The van der Waals surface area contributed by atoms with E-state index < -0.39 is 5.91 Å². The third-order valence-electron chi connectivity index (χ3n) is 2.80. The minimum absolute atomic E-state index is 0.0900. The second kappa shape index (κ2) is 5.23. The van der Waals surface area contributed by atoms with Crippen LogP contribution in [0.25, 0.3) is 0 Å².